The summed E-state index contributed by atoms with van der Waals surface area (Å²) in [5, 5.41) is 15.5. The van der Waals surface area contributed by atoms with E-state index in [0.29, 0.717) is 28.4 Å². The van der Waals surface area contributed by atoms with E-state index in [1.54, 1.807) is 30.5 Å². The number of piperidine rings is 1. The summed E-state index contributed by atoms with van der Waals surface area (Å²) in [5.74, 6) is 1.89. The summed E-state index contributed by atoms with van der Waals surface area (Å²) in [4.78, 5) is 8.28. The van der Waals surface area contributed by atoms with Gasteiger partial charge in [-0.05, 0) is 48.1 Å². The SMILES string of the molecule is C[C@@H]1C[C@H](C)CN([C@H](c2ccc(F)cc2)c2sc3nc(-c4ccco4)nn3c2O)C1. The normalized spacial score (nSPS) is 21.3. The zero-order valence-electron chi connectivity index (χ0n) is 16.8. The Labute approximate surface area is 177 Å². The van der Waals surface area contributed by atoms with E-state index in [-0.39, 0.29) is 17.7 Å². The van der Waals surface area contributed by atoms with E-state index in [4.69, 9.17) is 4.42 Å². The third-order valence-electron chi connectivity index (χ3n) is 5.64. The molecular formula is C22H23FN4O2S. The van der Waals surface area contributed by atoms with Gasteiger partial charge in [0.25, 0.3) is 0 Å². The van der Waals surface area contributed by atoms with Crippen LogP contribution in [-0.2, 0) is 0 Å². The van der Waals surface area contributed by atoms with Crippen molar-refractivity contribution in [1.82, 2.24) is 19.5 Å². The van der Waals surface area contributed by atoms with Gasteiger partial charge in [-0.2, -0.15) is 9.50 Å². The molecule has 156 valence electrons. The van der Waals surface area contributed by atoms with Crippen molar-refractivity contribution in [2.45, 2.75) is 26.3 Å². The number of thiazole rings is 1. The Morgan fingerprint density at radius 1 is 1.17 bits per heavy atom. The number of hydrogen-bond acceptors (Lipinski definition) is 6. The lowest BCUT2D eigenvalue weighted by atomic mass is 9.89. The second-order valence-electron chi connectivity index (χ2n) is 8.25. The second-order valence-corrected chi connectivity index (χ2v) is 9.26. The highest BCUT2D eigenvalue weighted by atomic mass is 32.1. The number of fused-ring (bicyclic) bond motifs is 1. The first-order valence-electron chi connectivity index (χ1n) is 10.1. The average Bonchev–Trinajstić information content (AvgIpc) is 3.42. The van der Waals surface area contributed by atoms with Gasteiger partial charge in [-0.1, -0.05) is 37.3 Å². The predicted octanol–water partition coefficient (Wildman–Crippen LogP) is 4.96. The lowest BCUT2D eigenvalue weighted by Gasteiger charge is -2.40. The van der Waals surface area contributed by atoms with Gasteiger partial charge in [0.15, 0.2) is 5.76 Å². The smallest absolute Gasteiger partial charge is 0.230 e. The molecule has 1 aromatic carbocycles. The van der Waals surface area contributed by atoms with E-state index in [0.717, 1.165) is 23.5 Å². The quantitative estimate of drug-likeness (QED) is 0.499. The number of hydrogen-bond donors (Lipinski definition) is 1. The van der Waals surface area contributed by atoms with Crippen LogP contribution < -0.4 is 0 Å². The molecule has 0 bridgehead atoms. The number of rotatable bonds is 4. The second kappa shape index (κ2) is 7.52. The number of likely N-dealkylation sites (tertiary alicyclic amines) is 1. The highest BCUT2D eigenvalue weighted by molar-refractivity contribution is 7.17. The van der Waals surface area contributed by atoms with Crippen molar-refractivity contribution in [1.29, 1.82) is 0 Å². The van der Waals surface area contributed by atoms with Crippen molar-refractivity contribution in [3.8, 4) is 17.5 Å². The summed E-state index contributed by atoms with van der Waals surface area (Å²) in [6.07, 6.45) is 2.75. The van der Waals surface area contributed by atoms with E-state index in [9.17, 15) is 9.50 Å². The van der Waals surface area contributed by atoms with Gasteiger partial charge in [0.2, 0.25) is 16.7 Å². The summed E-state index contributed by atoms with van der Waals surface area (Å²) in [7, 11) is 0. The lowest BCUT2D eigenvalue weighted by molar-refractivity contribution is 0.112. The lowest BCUT2D eigenvalue weighted by Crippen LogP contribution is -2.41. The molecular weight excluding hydrogens is 403 g/mol. The summed E-state index contributed by atoms with van der Waals surface area (Å²) in [6, 6.07) is 9.93. The van der Waals surface area contributed by atoms with Crippen molar-refractivity contribution in [2.24, 2.45) is 11.8 Å². The van der Waals surface area contributed by atoms with Gasteiger partial charge in [-0.15, -0.1) is 5.10 Å². The van der Waals surface area contributed by atoms with Gasteiger partial charge >= 0.3 is 0 Å². The van der Waals surface area contributed by atoms with Crippen molar-refractivity contribution in [2.75, 3.05) is 13.1 Å². The number of benzene rings is 1. The van der Waals surface area contributed by atoms with Crippen molar-refractivity contribution >= 4 is 16.3 Å². The van der Waals surface area contributed by atoms with E-state index < -0.39 is 0 Å². The Balaban J connectivity index is 1.60. The maximum atomic E-state index is 13.6. The highest BCUT2D eigenvalue weighted by Crippen LogP contribution is 2.42. The van der Waals surface area contributed by atoms with Crippen molar-refractivity contribution < 1.29 is 13.9 Å². The molecule has 5 rings (SSSR count). The number of aromatic nitrogens is 3. The van der Waals surface area contributed by atoms with Crippen molar-refractivity contribution in [3.05, 3.63) is 58.9 Å². The minimum absolute atomic E-state index is 0.0699. The molecule has 0 spiro atoms. The topological polar surface area (TPSA) is 66.8 Å². The molecule has 30 heavy (non-hydrogen) atoms. The van der Waals surface area contributed by atoms with Crippen LogP contribution in [0.3, 0.4) is 0 Å². The molecule has 1 aliphatic heterocycles. The molecule has 0 unspecified atom stereocenters. The summed E-state index contributed by atoms with van der Waals surface area (Å²) in [6.45, 7) is 6.33. The Hall–Kier alpha value is -2.71. The van der Waals surface area contributed by atoms with E-state index in [2.05, 4.69) is 28.8 Å². The molecule has 0 amide bonds. The minimum atomic E-state index is -0.271. The van der Waals surface area contributed by atoms with Gasteiger partial charge in [0.05, 0.1) is 17.2 Å². The fourth-order valence-electron chi connectivity index (χ4n) is 4.53. The van der Waals surface area contributed by atoms with Gasteiger partial charge in [-0.25, -0.2) is 4.39 Å². The zero-order chi connectivity index (χ0) is 20.8. The Morgan fingerprint density at radius 2 is 1.90 bits per heavy atom. The van der Waals surface area contributed by atoms with Crippen LogP contribution >= 0.6 is 11.3 Å². The van der Waals surface area contributed by atoms with Gasteiger partial charge in [0, 0.05) is 13.1 Å². The maximum absolute atomic E-state index is 13.6. The van der Waals surface area contributed by atoms with Crippen molar-refractivity contribution in [3.63, 3.8) is 0 Å². The van der Waals surface area contributed by atoms with E-state index in [1.165, 1.54) is 34.4 Å². The van der Waals surface area contributed by atoms with Crippen LogP contribution in [0.1, 0.15) is 36.8 Å². The van der Waals surface area contributed by atoms with Crippen LogP contribution in [0.15, 0.2) is 47.1 Å². The number of furan rings is 1. The van der Waals surface area contributed by atoms with Gasteiger partial charge in [0.1, 0.15) is 5.82 Å². The molecule has 4 heterocycles. The largest absolute Gasteiger partial charge is 0.492 e. The van der Waals surface area contributed by atoms with Gasteiger partial charge in [-0.3, -0.25) is 4.90 Å². The highest BCUT2D eigenvalue weighted by Gasteiger charge is 2.33. The number of nitrogens with zero attached hydrogens (tertiary/aromatic N) is 4. The summed E-state index contributed by atoms with van der Waals surface area (Å²) in [5.41, 5.74) is 0.948. The van der Waals surface area contributed by atoms with E-state index in [1.807, 2.05) is 0 Å². The first-order valence-corrected chi connectivity index (χ1v) is 10.9. The third kappa shape index (κ3) is 3.40. The molecule has 8 heteroatoms. The van der Waals surface area contributed by atoms with Crippen LogP contribution in [-0.4, -0.2) is 37.7 Å². The molecule has 1 aliphatic rings. The number of aromatic hydroxyl groups is 1. The first-order chi connectivity index (χ1) is 14.5. The third-order valence-corrected chi connectivity index (χ3v) is 6.71. The molecule has 0 saturated carbocycles. The monoisotopic (exact) mass is 426 g/mol. The first kappa shape index (κ1) is 19.3. The summed E-state index contributed by atoms with van der Waals surface area (Å²) >= 11 is 1.41. The molecule has 1 saturated heterocycles. The molecule has 4 aromatic rings. The Kier molecular flexibility index (Phi) is 4.83. The molecule has 0 radical (unpaired) electrons. The van der Waals surface area contributed by atoms with Crippen LogP contribution in [0.5, 0.6) is 5.88 Å². The maximum Gasteiger partial charge on any atom is 0.230 e. The molecule has 3 atom stereocenters. The Bertz CT molecular complexity index is 1140. The molecule has 3 aromatic heterocycles. The van der Waals surface area contributed by atoms with Gasteiger partial charge < -0.3 is 9.52 Å². The average molecular weight is 427 g/mol. The van der Waals surface area contributed by atoms with E-state index >= 15 is 0 Å². The predicted molar refractivity (Wildman–Crippen MR) is 113 cm³/mol. The molecule has 0 aliphatic carbocycles. The number of halogens is 1. The van der Waals surface area contributed by atoms with Crippen LogP contribution in [0.2, 0.25) is 0 Å². The fraction of sp³-hybridized carbons (Fsp3) is 0.364. The van der Waals surface area contributed by atoms with Crippen LogP contribution in [0.25, 0.3) is 16.5 Å². The standard InChI is InChI=1S/C22H23FN4O2S/c1-13-10-14(2)12-26(11-13)18(15-5-7-16(23)8-6-15)19-21(28)27-22(30-19)24-20(25-27)17-4-3-9-29-17/h3-9,13-14,18,28H,10-12H2,1-2H3/t13-,14+,18-/m1/s1. The van der Waals surface area contributed by atoms with Crippen LogP contribution in [0, 0.1) is 17.7 Å². The fourth-order valence-corrected chi connectivity index (χ4v) is 5.65. The summed E-state index contributed by atoms with van der Waals surface area (Å²) < 4.78 is 20.4. The zero-order valence-corrected chi connectivity index (χ0v) is 17.6. The molecule has 6 nitrogen and oxygen atoms in total. The van der Waals surface area contributed by atoms with Crippen LogP contribution in [0.4, 0.5) is 4.39 Å². The Morgan fingerprint density at radius 3 is 2.53 bits per heavy atom. The minimum Gasteiger partial charge on any atom is -0.492 e. The molecule has 1 N–H and O–H groups in total. The molecule has 1 fully saturated rings.